The minimum Gasteiger partial charge on any atom is -0.379 e. The Hall–Kier alpha value is -0.580. The molecule has 1 aliphatic carbocycles. The number of hydrogen-bond donors (Lipinski definition) is 0. The molecule has 0 radical (unpaired) electrons. The van der Waals surface area contributed by atoms with Crippen LogP contribution in [0, 0.1) is 0 Å². The van der Waals surface area contributed by atoms with Crippen molar-refractivity contribution in [1.82, 2.24) is 4.90 Å². The number of morpholine rings is 1. The van der Waals surface area contributed by atoms with Crippen LogP contribution in [-0.2, 0) is 9.53 Å². The van der Waals surface area contributed by atoms with E-state index >= 15 is 0 Å². The Bertz CT molecular complexity index is 399. The number of ketones is 1. The van der Waals surface area contributed by atoms with Gasteiger partial charge in [0.05, 0.1) is 19.3 Å². The van der Waals surface area contributed by atoms with Crippen LogP contribution < -0.4 is 0 Å². The maximum absolute atomic E-state index is 12.5. The average molecular weight is 281 g/mol. The Kier molecular flexibility index (Phi) is 4.87. The molecule has 0 spiro atoms. The fourth-order valence-electron chi connectivity index (χ4n) is 2.42. The third kappa shape index (κ3) is 3.50. The zero-order valence-electron chi connectivity index (χ0n) is 12.0. The van der Waals surface area contributed by atoms with Crippen molar-refractivity contribution in [2.45, 2.75) is 31.1 Å². The van der Waals surface area contributed by atoms with E-state index in [1.807, 2.05) is 24.8 Å². The number of ether oxygens (including phenoxy) is 1. The van der Waals surface area contributed by atoms with E-state index in [1.54, 1.807) is 0 Å². The smallest absolute Gasteiger partial charge is 0.179 e. The molecule has 0 amide bonds. The van der Waals surface area contributed by atoms with Gasteiger partial charge in [0.15, 0.2) is 5.78 Å². The average Bonchev–Trinajstić information content (AvgIpc) is 2.47. The molecule has 4 heteroatoms. The first kappa shape index (κ1) is 14.8. The van der Waals surface area contributed by atoms with Crippen molar-refractivity contribution in [2.24, 2.45) is 0 Å². The molecule has 1 saturated heterocycles. The van der Waals surface area contributed by atoms with Crippen molar-refractivity contribution in [3.05, 3.63) is 23.8 Å². The summed E-state index contributed by atoms with van der Waals surface area (Å²) in [6, 6.07) is -0.0431. The number of carbonyl (C=O) groups excluding carboxylic acids is 1. The topological polar surface area (TPSA) is 29.5 Å². The van der Waals surface area contributed by atoms with Gasteiger partial charge in [0.2, 0.25) is 0 Å². The monoisotopic (exact) mass is 281 g/mol. The molecule has 0 aromatic rings. The van der Waals surface area contributed by atoms with E-state index in [0.717, 1.165) is 38.3 Å². The number of hydrogen-bond acceptors (Lipinski definition) is 4. The van der Waals surface area contributed by atoms with Crippen LogP contribution in [0.25, 0.3) is 0 Å². The van der Waals surface area contributed by atoms with Crippen LogP contribution in [0.5, 0.6) is 0 Å². The lowest BCUT2D eigenvalue weighted by Gasteiger charge is -2.32. The van der Waals surface area contributed by atoms with Gasteiger partial charge in [0.25, 0.3) is 0 Å². The molecular formula is C15H23NO2S. The molecule has 19 heavy (non-hydrogen) atoms. The highest BCUT2D eigenvalue weighted by atomic mass is 32.2. The van der Waals surface area contributed by atoms with Crippen molar-refractivity contribution < 1.29 is 9.53 Å². The zero-order valence-corrected chi connectivity index (χ0v) is 12.8. The molecule has 0 aromatic carbocycles. The van der Waals surface area contributed by atoms with Crippen molar-refractivity contribution in [2.75, 3.05) is 32.6 Å². The molecule has 0 aromatic heterocycles. The van der Waals surface area contributed by atoms with E-state index in [0.29, 0.717) is 0 Å². The van der Waals surface area contributed by atoms with Crippen LogP contribution >= 0.6 is 11.8 Å². The molecule has 1 fully saturated rings. The maximum atomic E-state index is 12.5. The van der Waals surface area contributed by atoms with Gasteiger partial charge in [-0.1, -0.05) is 18.2 Å². The lowest BCUT2D eigenvalue weighted by Crippen LogP contribution is -2.46. The van der Waals surface area contributed by atoms with E-state index in [1.165, 1.54) is 0 Å². The second kappa shape index (κ2) is 6.25. The second-order valence-corrected chi connectivity index (χ2v) is 6.74. The van der Waals surface area contributed by atoms with E-state index < -0.39 is 0 Å². The highest BCUT2D eigenvalue weighted by molar-refractivity contribution is 8.00. The normalized spacial score (nSPS) is 29.9. The number of rotatable bonds is 4. The van der Waals surface area contributed by atoms with Crippen LogP contribution in [-0.4, -0.2) is 54.0 Å². The Labute approximate surface area is 120 Å². The summed E-state index contributed by atoms with van der Waals surface area (Å²) in [4.78, 5) is 14.7. The Morgan fingerprint density at radius 1 is 1.47 bits per heavy atom. The number of allylic oxidation sites excluding steroid dienone is 2. The van der Waals surface area contributed by atoms with Gasteiger partial charge in [-0.05, 0) is 26.5 Å². The fourth-order valence-corrected chi connectivity index (χ4v) is 2.87. The van der Waals surface area contributed by atoms with E-state index in [-0.39, 0.29) is 16.6 Å². The number of carbonyl (C=O) groups is 1. The van der Waals surface area contributed by atoms with Gasteiger partial charge in [-0.15, -0.1) is 0 Å². The van der Waals surface area contributed by atoms with Crippen molar-refractivity contribution in [3.63, 3.8) is 0 Å². The predicted octanol–water partition coefficient (Wildman–Crippen LogP) is 2.28. The zero-order chi connectivity index (χ0) is 13.9. The van der Waals surface area contributed by atoms with Crippen LogP contribution in [0.3, 0.4) is 0 Å². The minimum absolute atomic E-state index is 0.0431. The molecule has 1 aliphatic heterocycles. The second-order valence-electron chi connectivity index (χ2n) is 5.40. The molecule has 2 atom stereocenters. The van der Waals surface area contributed by atoms with Crippen molar-refractivity contribution in [1.29, 1.82) is 0 Å². The third-order valence-electron chi connectivity index (χ3n) is 4.07. The number of thioether (sulfide) groups is 1. The van der Waals surface area contributed by atoms with Gasteiger partial charge in [0.1, 0.15) is 0 Å². The molecule has 106 valence electrons. The van der Waals surface area contributed by atoms with Gasteiger partial charge in [0, 0.05) is 23.4 Å². The first-order valence-electron chi connectivity index (χ1n) is 6.86. The molecule has 0 N–H and O–H groups in total. The lowest BCUT2D eigenvalue weighted by molar-refractivity contribution is -0.121. The number of Topliss-reactive ketones (excluding diaryl/α,β-unsaturated/α-hetero) is 1. The largest absolute Gasteiger partial charge is 0.379 e. The van der Waals surface area contributed by atoms with Gasteiger partial charge >= 0.3 is 0 Å². The van der Waals surface area contributed by atoms with E-state index in [4.69, 9.17) is 4.74 Å². The minimum atomic E-state index is -0.0431. The summed E-state index contributed by atoms with van der Waals surface area (Å²) in [6.07, 6.45) is 9.30. The van der Waals surface area contributed by atoms with E-state index in [9.17, 15) is 4.79 Å². The molecule has 2 rings (SSSR count). The molecule has 0 bridgehead atoms. The standard InChI is InChI=1S/C15H23NO2S/c1-12(16-8-10-18-11-9-16)14(17)13-4-6-15(2,19-3)7-5-13/h4-6,12H,7-11H2,1-3H3. The van der Waals surface area contributed by atoms with Crippen LogP contribution in [0.2, 0.25) is 0 Å². The van der Waals surface area contributed by atoms with Gasteiger partial charge in [-0.3, -0.25) is 9.69 Å². The number of nitrogens with zero attached hydrogens (tertiary/aromatic N) is 1. The molecular weight excluding hydrogens is 258 g/mol. The maximum Gasteiger partial charge on any atom is 0.179 e. The first-order valence-corrected chi connectivity index (χ1v) is 8.09. The third-order valence-corrected chi connectivity index (χ3v) is 5.30. The first-order chi connectivity index (χ1) is 9.06. The Morgan fingerprint density at radius 3 is 2.68 bits per heavy atom. The summed E-state index contributed by atoms with van der Waals surface area (Å²) in [5.74, 6) is 0.237. The van der Waals surface area contributed by atoms with Crippen LogP contribution in [0.4, 0.5) is 0 Å². The summed E-state index contributed by atoms with van der Waals surface area (Å²) in [6.45, 7) is 7.38. The summed E-state index contributed by atoms with van der Waals surface area (Å²) < 4.78 is 5.48. The van der Waals surface area contributed by atoms with Crippen molar-refractivity contribution >= 4 is 17.5 Å². The predicted molar refractivity (Wildman–Crippen MR) is 80.6 cm³/mol. The summed E-state index contributed by atoms with van der Waals surface area (Å²) in [5, 5.41) is 0. The molecule has 1 heterocycles. The molecule has 3 nitrogen and oxygen atoms in total. The highest BCUT2D eigenvalue weighted by Gasteiger charge is 2.28. The van der Waals surface area contributed by atoms with Crippen LogP contribution in [0.1, 0.15) is 20.3 Å². The lowest BCUT2D eigenvalue weighted by atomic mass is 9.93. The van der Waals surface area contributed by atoms with Crippen molar-refractivity contribution in [3.8, 4) is 0 Å². The highest BCUT2D eigenvalue weighted by Crippen LogP contribution is 2.32. The van der Waals surface area contributed by atoms with E-state index in [2.05, 4.69) is 30.2 Å². The van der Waals surface area contributed by atoms with Gasteiger partial charge < -0.3 is 4.74 Å². The molecule has 0 saturated carbocycles. The van der Waals surface area contributed by atoms with Gasteiger partial charge in [-0.2, -0.15) is 11.8 Å². The fraction of sp³-hybridized carbons (Fsp3) is 0.667. The molecule has 2 unspecified atom stereocenters. The Balaban J connectivity index is 1.99. The summed E-state index contributed by atoms with van der Waals surface area (Å²) in [7, 11) is 0. The van der Waals surface area contributed by atoms with Crippen LogP contribution in [0.15, 0.2) is 23.8 Å². The Morgan fingerprint density at radius 2 is 2.16 bits per heavy atom. The SMILES string of the molecule is CSC1(C)C=CC(C(=O)C(C)N2CCOCC2)=CC1. The molecule has 2 aliphatic rings. The van der Waals surface area contributed by atoms with Gasteiger partial charge in [-0.25, -0.2) is 0 Å². The summed E-state index contributed by atoms with van der Waals surface area (Å²) in [5.41, 5.74) is 0.866. The summed E-state index contributed by atoms with van der Waals surface area (Å²) >= 11 is 1.83. The quantitative estimate of drug-likeness (QED) is 0.791.